The number of nitro benzene ring substituents is 1. The Labute approximate surface area is 157 Å². The average molecular weight is 373 g/mol. The van der Waals surface area contributed by atoms with Crippen LogP contribution in [0.5, 0.6) is 0 Å². The van der Waals surface area contributed by atoms with Gasteiger partial charge in [0.1, 0.15) is 0 Å². The Morgan fingerprint density at radius 2 is 1.77 bits per heavy atom. The lowest BCUT2D eigenvalue weighted by Gasteiger charge is -2.54. The summed E-state index contributed by atoms with van der Waals surface area (Å²) in [6, 6.07) is 4.82. The zero-order valence-corrected chi connectivity index (χ0v) is 15.6. The number of nitrogens with one attached hydrogen (secondary N) is 2. The molecule has 138 valence electrons. The Balaban J connectivity index is 1.40. The summed E-state index contributed by atoms with van der Waals surface area (Å²) in [5.41, 5.74) is 0.718. The van der Waals surface area contributed by atoms with Crippen molar-refractivity contribution in [2.45, 2.75) is 45.1 Å². The first kappa shape index (κ1) is 17.4. The Morgan fingerprint density at radius 1 is 1.15 bits per heavy atom. The molecule has 0 saturated heterocycles. The lowest BCUT2D eigenvalue weighted by molar-refractivity contribution is -0.385. The monoisotopic (exact) mass is 373 g/mol. The molecular weight excluding hydrogens is 350 g/mol. The highest BCUT2D eigenvalue weighted by Crippen LogP contribution is 2.53. The molecule has 0 atom stereocenters. The third-order valence-electron chi connectivity index (χ3n) is 6.42. The number of amides is 1. The molecule has 4 saturated carbocycles. The third kappa shape index (κ3) is 3.20. The molecule has 0 heterocycles. The van der Waals surface area contributed by atoms with Gasteiger partial charge in [0.2, 0.25) is 0 Å². The fourth-order valence-electron chi connectivity index (χ4n) is 5.47. The first-order valence-electron chi connectivity index (χ1n) is 9.27. The van der Waals surface area contributed by atoms with E-state index >= 15 is 0 Å². The van der Waals surface area contributed by atoms with E-state index in [9.17, 15) is 14.9 Å². The summed E-state index contributed by atoms with van der Waals surface area (Å²) in [6.07, 6.45) is 6.47. The normalized spacial score (nSPS) is 31.5. The number of benzene rings is 1. The lowest BCUT2D eigenvalue weighted by atomic mass is 9.54. The number of nitro groups is 1. The number of rotatable bonds is 3. The molecule has 6 nitrogen and oxygen atoms in total. The van der Waals surface area contributed by atoms with Gasteiger partial charge in [-0.2, -0.15) is 0 Å². The maximum atomic E-state index is 12.4. The second-order valence-corrected chi connectivity index (χ2v) is 8.55. The summed E-state index contributed by atoms with van der Waals surface area (Å²) in [4.78, 5) is 23.0. The zero-order valence-electron chi connectivity index (χ0n) is 14.7. The van der Waals surface area contributed by atoms with Crippen LogP contribution in [0.1, 0.15) is 48.0 Å². The van der Waals surface area contributed by atoms with Crippen molar-refractivity contribution in [3.05, 3.63) is 39.4 Å². The standard InChI is InChI=1S/C19H23N3O3S/c1-10-2-3-13(9-16(10)22(24)25)18(23)21-19(26)20-17-14-5-11-4-12(7-14)8-15(17)6-11/h2-3,9,11-12,14-15,17H,4-8H2,1H3,(H2,20,21,23,26). The van der Waals surface area contributed by atoms with Crippen molar-refractivity contribution in [3.8, 4) is 0 Å². The quantitative estimate of drug-likeness (QED) is 0.482. The Kier molecular flexibility index (Phi) is 4.42. The van der Waals surface area contributed by atoms with Gasteiger partial charge < -0.3 is 5.32 Å². The molecular formula is C19H23N3O3S. The van der Waals surface area contributed by atoms with Gasteiger partial charge in [-0.1, -0.05) is 6.07 Å². The van der Waals surface area contributed by atoms with Crippen LogP contribution in [0.4, 0.5) is 5.69 Å². The molecule has 1 aromatic carbocycles. The summed E-state index contributed by atoms with van der Waals surface area (Å²) in [6.45, 7) is 1.65. The van der Waals surface area contributed by atoms with Gasteiger partial charge in [0.05, 0.1) is 4.92 Å². The van der Waals surface area contributed by atoms with Gasteiger partial charge >= 0.3 is 0 Å². The molecule has 0 spiro atoms. The molecule has 4 aliphatic rings. The maximum Gasteiger partial charge on any atom is 0.273 e. The van der Waals surface area contributed by atoms with Crippen LogP contribution >= 0.6 is 12.2 Å². The molecule has 1 aromatic rings. The van der Waals surface area contributed by atoms with Gasteiger partial charge in [-0.25, -0.2) is 0 Å². The van der Waals surface area contributed by atoms with E-state index < -0.39 is 10.8 Å². The van der Waals surface area contributed by atoms with Crippen LogP contribution < -0.4 is 10.6 Å². The fraction of sp³-hybridized carbons (Fsp3) is 0.579. The van der Waals surface area contributed by atoms with Crippen molar-refractivity contribution in [2.75, 3.05) is 0 Å². The van der Waals surface area contributed by atoms with Crippen molar-refractivity contribution in [2.24, 2.45) is 23.7 Å². The topological polar surface area (TPSA) is 84.3 Å². The van der Waals surface area contributed by atoms with Crippen molar-refractivity contribution in [1.82, 2.24) is 10.6 Å². The van der Waals surface area contributed by atoms with Crippen LogP contribution in [-0.4, -0.2) is 22.0 Å². The Hall–Kier alpha value is -2.02. The van der Waals surface area contributed by atoms with Crippen molar-refractivity contribution >= 4 is 28.9 Å². The van der Waals surface area contributed by atoms with Gasteiger partial charge in [0.25, 0.3) is 11.6 Å². The first-order chi connectivity index (χ1) is 12.4. The second-order valence-electron chi connectivity index (χ2n) is 8.14. The van der Waals surface area contributed by atoms with Crippen LogP contribution in [0.3, 0.4) is 0 Å². The molecule has 2 N–H and O–H groups in total. The van der Waals surface area contributed by atoms with E-state index in [1.807, 2.05) is 0 Å². The predicted octanol–water partition coefficient (Wildman–Crippen LogP) is 3.33. The summed E-state index contributed by atoms with van der Waals surface area (Å²) in [7, 11) is 0. The number of carbonyl (C=O) groups excluding carboxylic acids is 1. The molecule has 0 aliphatic heterocycles. The highest BCUT2D eigenvalue weighted by atomic mass is 32.1. The molecule has 4 aliphatic carbocycles. The molecule has 5 rings (SSSR count). The van der Waals surface area contributed by atoms with Crippen molar-refractivity contribution in [1.29, 1.82) is 0 Å². The number of thiocarbonyl (C=S) groups is 1. The summed E-state index contributed by atoms with van der Waals surface area (Å²) in [5, 5.41) is 17.5. The zero-order chi connectivity index (χ0) is 18.4. The highest BCUT2D eigenvalue weighted by Gasteiger charge is 2.48. The smallest absolute Gasteiger partial charge is 0.273 e. The lowest BCUT2D eigenvalue weighted by Crippen LogP contribution is -2.57. The number of carbonyl (C=O) groups is 1. The summed E-state index contributed by atoms with van der Waals surface area (Å²) in [5.74, 6) is 2.66. The first-order valence-corrected chi connectivity index (χ1v) is 9.68. The predicted molar refractivity (Wildman–Crippen MR) is 102 cm³/mol. The summed E-state index contributed by atoms with van der Waals surface area (Å²) < 4.78 is 0. The van der Waals surface area contributed by atoms with E-state index in [0.29, 0.717) is 28.6 Å². The minimum Gasteiger partial charge on any atom is -0.359 e. The number of hydrogen-bond donors (Lipinski definition) is 2. The van der Waals surface area contributed by atoms with Crippen LogP contribution in [-0.2, 0) is 0 Å². The minimum atomic E-state index is -0.475. The molecule has 0 aromatic heterocycles. The van der Waals surface area contributed by atoms with E-state index in [0.717, 1.165) is 11.8 Å². The van der Waals surface area contributed by atoms with Gasteiger partial charge in [-0.3, -0.25) is 20.2 Å². The third-order valence-corrected chi connectivity index (χ3v) is 6.64. The molecule has 1 amide bonds. The molecule has 4 fully saturated rings. The van der Waals surface area contributed by atoms with Crippen molar-refractivity contribution < 1.29 is 9.72 Å². The van der Waals surface area contributed by atoms with Gasteiger partial charge in [-0.15, -0.1) is 0 Å². The van der Waals surface area contributed by atoms with E-state index in [1.54, 1.807) is 19.1 Å². The number of nitrogens with zero attached hydrogens (tertiary/aromatic N) is 1. The average Bonchev–Trinajstić information content (AvgIpc) is 2.57. The van der Waals surface area contributed by atoms with E-state index in [1.165, 1.54) is 38.2 Å². The van der Waals surface area contributed by atoms with E-state index in [2.05, 4.69) is 10.6 Å². The number of aryl methyl sites for hydroxylation is 1. The highest BCUT2D eigenvalue weighted by molar-refractivity contribution is 7.80. The molecule has 0 unspecified atom stereocenters. The van der Waals surface area contributed by atoms with Gasteiger partial charge in [0.15, 0.2) is 5.11 Å². The van der Waals surface area contributed by atoms with Crippen LogP contribution in [0, 0.1) is 40.7 Å². The molecule has 7 heteroatoms. The fourth-order valence-corrected chi connectivity index (χ4v) is 5.70. The number of hydrogen-bond acceptors (Lipinski definition) is 4. The molecule has 0 radical (unpaired) electrons. The largest absolute Gasteiger partial charge is 0.359 e. The summed E-state index contributed by atoms with van der Waals surface area (Å²) >= 11 is 5.36. The Bertz CT molecular complexity index is 751. The van der Waals surface area contributed by atoms with E-state index in [4.69, 9.17) is 12.2 Å². The molecule has 4 bridgehead atoms. The minimum absolute atomic E-state index is 0.0578. The van der Waals surface area contributed by atoms with Crippen LogP contribution in [0.15, 0.2) is 18.2 Å². The van der Waals surface area contributed by atoms with Gasteiger partial charge in [-0.05, 0) is 81.0 Å². The van der Waals surface area contributed by atoms with Crippen LogP contribution in [0.2, 0.25) is 0 Å². The Morgan fingerprint density at radius 3 is 2.35 bits per heavy atom. The molecule has 26 heavy (non-hydrogen) atoms. The maximum absolute atomic E-state index is 12.4. The van der Waals surface area contributed by atoms with E-state index in [-0.39, 0.29) is 11.3 Å². The SMILES string of the molecule is Cc1ccc(C(=O)NC(=S)NC2C3CC4CC(C3)CC2C4)cc1[N+](=O)[O-]. The second kappa shape index (κ2) is 6.61. The van der Waals surface area contributed by atoms with Crippen molar-refractivity contribution in [3.63, 3.8) is 0 Å². The van der Waals surface area contributed by atoms with Gasteiger partial charge in [0, 0.05) is 23.2 Å². The van der Waals surface area contributed by atoms with Crippen LogP contribution in [0.25, 0.3) is 0 Å².